The fourth-order valence-corrected chi connectivity index (χ4v) is 4.68. The predicted molar refractivity (Wildman–Crippen MR) is 126 cm³/mol. The van der Waals surface area contributed by atoms with E-state index < -0.39 is 0 Å². The molecule has 1 aromatic heterocycles. The number of piperidine rings is 1. The Morgan fingerprint density at radius 3 is 2.32 bits per heavy atom. The molecule has 6 nitrogen and oxygen atoms in total. The molecule has 0 saturated carbocycles. The Bertz CT molecular complexity index is 790. The van der Waals surface area contributed by atoms with E-state index in [1.165, 1.54) is 56.3 Å². The minimum absolute atomic E-state index is 0.241. The molecule has 0 bridgehead atoms. The first-order chi connectivity index (χ1) is 15.3. The zero-order valence-corrected chi connectivity index (χ0v) is 18.9. The summed E-state index contributed by atoms with van der Waals surface area (Å²) in [6.45, 7) is 7.34. The maximum Gasteiger partial charge on any atom is 0.191 e. The Balaban J connectivity index is 1.26. The molecule has 2 aliphatic heterocycles. The number of nitrogens with one attached hydrogen (secondary N) is 2. The molecule has 0 amide bonds. The highest BCUT2D eigenvalue weighted by Gasteiger charge is 2.25. The van der Waals surface area contributed by atoms with Crippen molar-refractivity contribution in [2.75, 3.05) is 39.8 Å². The summed E-state index contributed by atoms with van der Waals surface area (Å²) in [5.74, 6) is 1.85. The Morgan fingerprint density at radius 1 is 0.935 bits per heavy atom. The molecule has 2 aliphatic rings. The third kappa shape index (κ3) is 6.34. The van der Waals surface area contributed by atoms with E-state index in [0.717, 1.165) is 44.4 Å². The summed E-state index contributed by atoms with van der Waals surface area (Å²) in [5.41, 5.74) is 2.67. The number of hydrogen-bond donors (Lipinski definition) is 2. The van der Waals surface area contributed by atoms with Gasteiger partial charge in [0.25, 0.3) is 0 Å². The molecule has 1 unspecified atom stereocenters. The molecule has 0 aliphatic carbocycles. The van der Waals surface area contributed by atoms with Crippen LogP contribution in [0.5, 0.6) is 0 Å². The van der Waals surface area contributed by atoms with Crippen molar-refractivity contribution in [3.8, 4) is 0 Å². The van der Waals surface area contributed by atoms with E-state index in [-0.39, 0.29) is 6.04 Å². The van der Waals surface area contributed by atoms with E-state index in [2.05, 4.69) is 55.8 Å². The smallest absolute Gasteiger partial charge is 0.191 e. The van der Waals surface area contributed by atoms with Crippen LogP contribution in [0.4, 0.5) is 0 Å². The number of hydrogen-bond acceptors (Lipinski definition) is 4. The van der Waals surface area contributed by atoms with Crippen LogP contribution in [-0.2, 0) is 13.1 Å². The second-order valence-electron chi connectivity index (χ2n) is 8.73. The second-order valence-corrected chi connectivity index (χ2v) is 8.73. The zero-order valence-electron chi connectivity index (χ0n) is 18.9. The van der Waals surface area contributed by atoms with Gasteiger partial charge >= 0.3 is 0 Å². The van der Waals surface area contributed by atoms with Crippen LogP contribution in [0.3, 0.4) is 0 Å². The van der Waals surface area contributed by atoms with Gasteiger partial charge in [-0.2, -0.15) is 0 Å². The summed E-state index contributed by atoms with van der Waals surface area (Å²) >= 11 is 0. The van der Waals surface area contributed by atoms with Gasteiger partial charge in [0.05, 0.1) is 12.3 Å². The van der Waals surface area contributed by atoms with Gasteiger partial charge in [-0.15, -0.1) is 0 Å². The summed E-state index contributed by atoms with van der Waals surface area (Å²) in [6, 6.07) is 13.3. The standard InChI is InChI=1S/C25H37N5O/c1-26-25(28-19-23(24-8-7-17-31-24)30-15-5-6-16-30)27-18-21-9-11-22(12-10-21)20-29-13-3-2-4-14-29/h7-12,17,23H,2-6,13-16,18-20H2,1H3,(H2,26,27,28). The SMILES string of the molecule is CN=C(NCc1ccc(CN2CCCCC2)cc1)NCC(c1ccco1)N1CCCC1. The first-order valence-electron chi connectivity index (χ1n) is 11.8. The van der Waals surface area contributed by atoms with Crippen molar-refractivity contribution in [2.45, 2.75) is 51.2 Å². The van der Waals surface area contributed by atoms with E-state index >= 15 is 0 Å². The largest absolute Gasteiger partial charge is 0.468 e. The van der Waals surface area contributed by atoms with Crippen LogP contribution in [-0.4, -0.2) is 55.5 Å². The summed E-state index contributed by atoms with van der Waals surface area (Å²) < 4.78 is 5.72. The van der Waals surface area contributed by atoms with Gasteiger partial charge in [0.1, 0.15) is 5.76 Å². The van der Waals surface area contributed by atoms with Gasteiger partial charge < -0.3 is 15.1 Å². The normalized spacial score (nSPS) is 19.5. The van der Waals surface area contributed by atoms with E-state index in [1.54, 1.807) is 6.26 Å². The molecule has 3 heterocycles. The van der Waals surface area contributed by atoms with Crippen molar-refractivity contribution in [2.24, 2.45) is 4.99 Å². The third-order valence-electron chi connectivity index (χ3n) is 6.48. The summed E-state index contributed by atoms with van der Waals surface area (Å²) in [7, 11) is 1.83. The summed E-state index contributed by atoms with van der Waals surface area (Å²) in [6.07, 6.45) is 8.35. The average Bonchev–Trinajstić information content (AvgIpc) is 3.53. The Labute approximate surface area is 186 Å². The fourth-order valence-electron chi connectivity index (χ4n) is 4.68. The summed E-state index contributed by atoms with van der Waals surface area (Å²) in [5, 5.41) is 6.96. The highest BCUT2D eigenvalue weighted by molar-refractivity contribution is 5.79. The highest BCUT2D eigenvalue weighted by Crippen LogP contribution is 2.24. The molecule has 1 atom stereocenters. The van der Waals surface area contributed by atoms with Gasteiger partial charge in [-0.25, -0.2) is 0 Å². The lowest BCUT2D eigenvalue weighted by atomic mass is 10.1. The Kier molecular flexibility index (Phi) is 8.02. The monoisotopic (exact) mass is 423 g/mol. The molecule has 0 radical (unpaired) electrons. The first-order valence-corrected chi connectivity index (χ1v) is 11.8. The van der Waals surface area contributed by atoms with Gasteiger partial charge in [0, 0.05) is 26.7 Å². The van der Waals surface area contributed by atoms with Crippen molar-refractivity contribution in [1.82, 2.24) is 20.4 Å². The molecule has 2 N–H and O–H groups in total. The highest BCUT2D eigenvalue weighted by atomic mass is 16.3. The van der Waals surface area contributed by atoms with Crippen LogP contribution in [0.2, 0.25) is 0 Å². The molecule has 2 fully saturated rings. The number of guanidine groups is 1. The minimum atomic E-state index is 0.241. The lowest BCUT2D eigenvalue weighted by Gasteiger charge is -2.27. The van der Waals surface area contributed by atoms with Crippen molar-refractivity contribution >= 4 is 5.96 Å². The van der Waals surface area contributed by atoms with E-state index in [4.69, 9.17) is 4.42 Å². The van der Waals surface area contributed by atoms with Crippen molar-refractivity contribution in [3.05, 3.63) is 59.5 Å². The quantitative estimate of drug-likeness (QED) is 0.500. The predicted octanol–water partition coefficient (Wildman–Crippen LogP) is 3.77. The van der Waals surface area contributed by atoms with E-state index in [9.17, 15) is 0 Å². The van der Waals surface area contributed by atoms with E-state index in [1.807, 2.05) is 13.1 Å². The summed E-state index contributed by atoms with van der Waals surface area (Å²) in [4.78, 5) is 9.48. The number of nitrogens with zero attached hydrogens (tertiary/aromatic N) is 3. The number of furan rings is 1. The molecule has 6 heteroatoms. The number of rotatable bonds is 8. The molecule has 0 spiro atoms. The average molecular weight is 424 g/mol. The maximum absolute atomic E-state index is 5.72. The third-order valence-corrected chi connectivity index (χ3v) is 6.48. The number of aliphatic imine (C=N–C) groups is 1. The first kappa shape index (κ1) is 21.9. The van der Waals surface area contributed by atoms with Crippen molar-refractivity contribution in [1.29, 1.82) is 0 Å². The Hall–Kier alpha value is -2.31. The lowest BCUT2D eigenvalue weighted by Crippen LogP contribution is -2.42. The molecule has 168 valence electrons. The van der Waals surface area contributed by atoms with Crippen molar-refractivity contribution in [3.63, 3.8) is 0 Å². The molecular formula is C25H37N5O. The molecule has 2 aromatic rings. The zero-order chi connectivity index (χ0) is 21.3. The van der Waals surface area contributed by atoms with Gasteiger partial charge in [0.2, 0.25) is 0 Å². The number of likely N-dealkylation sites (tertiary alicyclic amines) is 2. The molecular weight excluding hydrogens is 386 g/mol. The lowest BCUT2D eigenvalue weighted by molar-refractivity contribution is 0.215. The van der Waals surface area contributed by atoms with Crippen LogP contribution in [0.15, 0.2) is 52.1 Å². The van der Waals surface area contributed by atoms with Crippen LogP contribution in [0, 0.1) is 0 Å². The molecule has 4 rings (SSSR count). The maximum atomic E-state index is 5.72. The van der Waals surface area contributed by atoms with E-state index in [0.29, 0.717) is 0 Å². The minimum Gasteiger partial charge on any atom is -0.468 e. The van der Waals surface area contributed by atoms with Crippen LogP contribution < -0.4 is 10.6 Å². The van der Waals surface area contributed by atoms with Crippen LogP contribution >= 0.6 is 0 Å². The molecule has 31 heavy (non-hydrogen) atoms. The van der Waals surface area contributed by atoms with Crippen LogP contribution in [0.25, 0.3) is 0 Å². The van der Waals surface area contributed by atoms with Crippen molar-refractivity contribution < 1.29 is 4.42 Å². The van der Waals surface area contributed by atoms with Gasteiger partial charge in [-0.1, -0.05) is 30.7 Å². The fraction of sp³-hybridized carbons (Fsp3) is 0.560. The van der Waals surface area contributed by atoms with Crippen LogP contribution in [0.1, 0.15) is 55.0 Å². The van der Waals surface area contributed by atoms with Gasteiger partial charge in [-0.3, -0.25) is 14.8 Å². The second kappa shape index (κ2) is 11.3. The Morgan fingerprint density at radius 2 is 1.65 bits per heavy atom. The van der Waals surface area contributed by atoms with Gasteiger partial charge in [0.15, 0.2) is 5.96 Å². The molecule has 1 aromatic carbocycles. The van der Waals surface area contributed by atoms with Gasteiger partial charge in [-0.05, 0) is 75.1 Å². The number of benzene rings is 1. The topological polar surface area (TPSA) is 56.0 Å². The molecule has 2 saturated heterocycles.